The number of furan rings is 1. The predicted octanol–water partition coefficient (Wildman–Crippen LogP) is 1.31. The van der Waals surface area contributed by atoms with E-state index in [9.17, 15) is 4.79 Å². The highest BCUT2D eigenvalue weighted by Crippen LogP contribution is 2.10. The summed E-state index contributed by atoms with van der Waals surface area (Å²) in [5.74, 6) is 0.899. The smallest absolute Gasteiger partial charge is 0.287 e. The Morgan fingerprint density at radius 3 is 2.67 bits per heavy atom. The Kier molecular flexibility index (Phi) is 3.52. The van der Waals surface area contributed by atoms with E-state index in [0.29, 0.717) is 18.7 Å². The van der Waals surface area contributed by atoms with Crippen LogP contribution < -0.4 is 11.1 Å². The first-order valence-corrected chi connectivity index (χ1v) is 5.03. The molecule has 3 N–H and O–H groups in total. The second kappa shape index (κ2) is 4.49. The van der Waals surface area contributed by atoms with Crippen LogP contribution in [0.25, 0.3) is 0 Å². The first-order valence-electron chi connectivity index (χ1n) is 5.03. The summed E-state index contributed by atoms with van der Waals surface area (Å²) >= 11 is 0. The molecule has 0 atom stereocenters. The first kappa shape index (κ1) is 11.8. The van der Waals surface area contributed by atoms with Gasteiger partial charge in [-0.3, -0.25) is 4.79 Å². The number of carbonyl (C=O) groups excluding carboxylic acids is 1. The summed E-state index contributed by atoms with van der Waals surface area (Å²) in [5.41, 5.74) is 5.14. The molecule has 0 unspecified atom stereocenters. The molecule has 0 fully saturated rings. The molecular formula is C11H18N2O2. The van der Waals surface area contributed by atoms with Gasteiger partial charge in [0.15, 0.2) is 5.76 Å². The van der Waals surface area contributed by atoms with Gasteiger partial charge in [0.2, 0.25) is 0 Å². The summed E-state index contributed by atoms with van der Waals surface area (Å²) in [4.78, 5) is 11.6. The van der Waals surface area contributed by atoms with E-state index in [0.717, 1.165) is 5.76 Å². The van der Waals surface area contributed by atoms with Crippen molar-refractivity contribution in [3.8, 4) is 0 Å². The van der Waals surface area contributed by atoms with E-state index < -0.39 is 0 Å². The molecule has 1 amide bonds. The largest absolute Gasteiger partial charge is 0.456 e. The van der Waals surface area contributed by atoms with Crippen LogP contribution in [0.4, 0.5) is 0 Å². The number of amides is 1. The third-order valence-electron chi connectivity index (χ3n) is 1.76. The zero-order chi connectivity index (χ0) is 11.5. The van der Waals surface area contributed by atoms with Crippen molar-refractivity contribution in [3.63, 3.8) is 0 Å². The molecule has 15 heavy (non-hydrogen) atoms. The fourth-order valence-electron chi connectivity index (χ4n) is 1.18. The van der Waals surface area contributed by atoms with Gasteiger partial charge < -0.3 is 15.5 Å². The average Bonchev–Trinajstić information content (AvgIpc) is 2.50. The minimum atomic E-state index is -0.252. The summed E-state index contributed by atoms with van der Waals surface area (Å²) in [7, 11) is 0. The molecule has 84 valence electrons. The normalized spacial score (nSPS) is 11.5. The summed E-state index contributed by atoms with van der Waals surface area (Å²) in [6.07, 6.45) is 0.656. The molecule has 0 saturated heterocycles. The zero-order valence-electron chi connectivity index (χ0n) is 9.46. The van der Waals surface area contributed by atoms with Gasteiger partial charge in [-0.15, -0.1) is 0 Å². The van der Waals surface area contributed by atoms with E-state index in [-0.39, 0.29) is 11.4 Å². The van der Waals surface area contributed by atoms with Crippen LogP contribution in [-0.4, -0.2) is 18.0 Å². The van der Waals surface area contributed by atoms with Gasteiger partial charge in [0.05, 0.1) is 0 Å². The molecule has 0 radical (unpaired) electrons. The third kappa shape index (κ3) is 3.75. The summed E-state index contributed by atoms with van der Waals surface area (Å²) in [6, 6.07) is 3.45. The van der Waals surface area contributed by atoms with Crippen molar-refractivity contribution in [2.75, 3.05) is 6.54 Å². The highest BCUT2D eigenvalue weighted by Gasteiger charge is 2.17. The van der Waals surface area contributed by atoms with Crippen molar-refractivity contribution in [3.05, 3.63) is 23.7 Å². The molecule has 1 aromatic rings. The van der Waals surface area contributed by atoms with Gasteiger partial charge in [-0.05, 0) is 39.4 Å². The minimum absolute atomic E-state index is 0.189. The Balaban J connectivity index is 2.66. The van der Waals surface area contributed by atoms with Gasteiger partial charge in [0.25, 0.3) is 5.91 Å². The van der Waals surface area contributed by atoms with E-state index in [1.54, 1.807) is 12.1 Å². The van der Waals surface area contributed by atoms with Crippen LogP contribution in [0.5, 0.6) is 0 Å². The topological polar surface area (TPSA) is 68.3 Å². The Morgan fingerprint density at radius 2 is 2.13 bits per heavy atom. The summed E-state index contributed by atoms with van der Waals surface area (Å²) in [6.45, 7) is 6.30. The fraction of sp³-hybridized carbons (Fsp3) is 0.545. The van der Waals surface area contributed by atoms with Crippen molar-refractivity contribution in [1.82, 2.24) is 5.32 Å². The van der Waals surface area contributed by atoms with E-state index >= 15 is 0 Å². The summed E-state index contributed by atoms with van der Waals surface area (Å²) in [5, 5.41) is 2.83. The van der Waals surface area contributed by atoms with E-state index in [4.69, 9.17) is 10.2 Å². The molecule has 1 aromatic heterocycles. The monoisotopic (exact) mass is 210 g/mol. The predicted molar refractivity (Wildman–Crippen MR) is 58.7 cm³/mol. The van der Waals surface area contributed by atoms with Crippen molar-refractivity contribution in [2.24, 2.45) is 5.73 Å². The molecule has 4 nitrogen and oxygen atoms in total. The molecule has 0 aromatic carbocycles. The van der Waals surface area contributed by atoms with Crippen LogP contribution in [0.2, 0.25) is 0 Å². The molecule has 0 aliphatic carbocycles. The van der Waals surface area contributed by atoms with Gasteiger partial charge >= 0.3 is 0 Å². The van der Waals surface area contributed by atoms with Gasteiger partial charge in [0, 0.05) is 12.0 Å². The van der Waals surface area contributed by atoms with Crippen LogP contribution in [-0.2, 0) is 6.42 Å². The standard InChI is InChI=1S/C11H18N2O2/c1-11(2,3)13-10(14)9-5-4-8(15-9)6-7-12/h4-5H,6-7,12H2,1-3H3,(H,13,14). The van der Waals surface area contributed by atoms with Crippen molar-refractivity contribution in [2.45, 2.75) is 32.7 Å². The molecule has 0 spiro atoms. The van der Waals surface area contributed by atoms with E-state index in [1.165, 1.54) is 0 Å². The maximum absolute atomic E-state index is 11.6. The minimum Gasteiger partial charge on any atom is -0.456 e. The van der Waals surface area contributed by atoms with Gasteiger partial charge in [0.1, 0.15) is 5.76 Å². The molecule has 1 rings (SSSR count). The first-order chi connectivity index (χ1) is 6.92. The Labute approximate surface area is 89.8 Å². The SMILES string of the molecule is CC(C)(C)NC(=O)c1ccc(CCN)o1. The van der Waals surface area contributed by atoms with Crippen LogP contribution in [0.1, 0.15) is 37.1 Å². The second-order valence-corrected chi connectivity index (χ2v) is 4.51. The number of nitrogens with two attached hydrogens (primary N) is 1. The molecule has 1 heterocycles. The number of carbonyl (C=O) groups is 1. The molecular weight excluding hydrogens is 192 g/mol. The maximum Gasteiger partial charge on any atom is 0.287 e. The van der Waals surface area contributed by atoms with Gasteiger partial charge in [-0.1, -0.05) is 0 Å². The number of hydrogen-bond donors (Lipinski definition) is 2. The lowest BCUT2D eigenvalue weighted by atomic mass is 10.1. The fourth-order valence-corrected chi connectivity index (χ4v) is 1.18. The van der Waals surface area contributed by atoms with Crippen LogP contribution in [0.3, 0.4) is 0 Å². The molecule has 0 bridgehead atoms. The second-order valence-electron chi connectivity index (χ2n) is 4.51. The Hall–Kier alpha value is -1.29. The quantitative estimate of drug-likeness (QED) is 0.790. The lowest BCUT2D eigenvalue weighted by Gasteiger charge is -2.19. The van der Waals surface area contributed by atoms with Gasteiger partial charge in [-0.25, -0.2) is 0 Å². The van der Waals surface area contributed by atoms with Crippen molar-refractivity contribution < 1.29 is 9.21 Å². The average molecular weight is 210 g/mol. The number of nitrogens with one attached hydrogen (secondary N) is 1. The van der Waals surface area contributed by atoms with Crippen LogP contribution in [0.15, 0.2) is 16.5 Å². The van der Waals surface area contributed by atoms with E-state index in [2.05, 4.69) is 5.32 Å². The Bertz CT molecular complexity index is 337. The van der Waals surface area contributed by atoms with Crippen molar-refractivity contribution >= 4 is 5.91 Å². The molecule has 0 saturated carbocycles. The lowest BCUT2D eigenvalue weighted by Crippen LogP contribution is -2.40. The van der Waals surface area contributed by atoms with Crippen LogP contribution >= 0.6 is 0 Å². The number of hydrogen-bond acceptors (Lipinski definition) is 3. The highest BCUT2D eigenvalue weighted by molar-refractivity contribution is 5.91. The molecule has 0 aliphatic heterocycles. The van der Waals surface area contributed by atoms with Gasteiger partial charge in [-0.2, -0.15) is 0 Å². The Morgan fingerprint density at radius 1 is 1.47 bits per heavy atom. The van der Waals surface area contributed by atoms with E-state index in [1.807, 2.05) is 20.8 Å². The molecule has 0 aliphatic rings. The van der Waals surface area contributed by atoms with Crippen LogP contribution in [0, 0.1) is 0 Å². The number of rotatable bonds is 3. The highest BCUT2D eigenvalue weighted by atomic mass is 16.3. The maximum atomic E-state index is 11.6. The molecule has 4 heteroatoms. The zero-order valence-corrected chi connectivity index (χ0v) is 9.46. The van der Waals surface area contributed by atoms with Crippen molar-refractivity contribution in [1.29, 1.82) is 0 Å². The third-order valence-corrected chi connectivity index (χ3v) is 1.76. The lowest BCUT2D eigenvalue weighted by molar-refractivity contribution is 0.0889. The summed E-state index contributed by atoms with van der Waals surface area (Å²) < 4.78 is 5.34.